The SMILES string of the molecule is CCS[C@H](C)[C@H]1C(=O)N2C(C(=O)O)=C(SC=CNC(C)=O)C[C@H]12. The predicted octanol–water partition coefficient (Wildman–Crippen LogP) is 2.00. The minimum atomic E-state index is -1.08. The zero-order chi connectivity index (χ0) is 17.1. The van der Waals surface area contributed by atoms with Gasteiger partial charge in [-0.25, -0.2) is 4.79 Å². The molecule has 1 saturated heterocycles. The molecule has 0 aromatic heterocycles. The van der Waals surface area contributed by atoms with Crippen LogP contribution in [0.15, 0.2) is 22.2 Å². The fourth-order valence-corrected chi connectivity index (χ4v) is 4.85. The third-order valence-electron chi connectivity index (χ3n) is 3.87. The van der Waals surface area contributed by atoms with Crippen molar-refractivity contribution in [2.45, 2.75) is 38.5 Å². The molecule has 0 saturated carbocycles. The Bertz CT molecular complexity index is 588. The first-order valence-electron chi connectivity index (χ1n) is 7.38. The third-order valence-corrected chi connectivity index (χ3v) is 5.94. The van der Waals surface area contributed by atoms with E-state index < -0.39 is 5.97 Å². The Morgan fingerprint density at radius 1 is 1.52 bits per heavy atom. The number of thioether (sulfide) groups is 2. The Kier molecular flexibility index (Phi) is 5.80. The molecule has 2 heterocycles. The maximum absolute atomic E-state index is 12.4. The maximum Gasteiger partial charge on any atom is 0.353 e. The van der Waals surface area contributed by atoms with Gasteiger partial charge in [0.2, 0.25) is 11.8 Å². The van der Waals surface area contributed by atoms with Gasteiger partial charge in [-0.05, 0) is 11.2 Å². The molecule has 2 aliphatic rings. The molecular weight excluding hydrogens is 336 g/mol. The van der Waals surface area contributed by atoms with Crippen LogP contribution in [0.2, 0.25) is 0 Å². The Morgan fingerprint density at radius 2 is 2.22 bits per heavy atom. The molecule has 0 radical (unpaired) electrons. The van der Waals surface area contributed by atoms with Crippen molar-refractivity contribution in [2.75, 3.05) is 5.75 Å². The zero-order valence-electron chi connectivity index (χ0n) is 13.2. The number of carbonyl (C=O) groups is 3. The van der Waals surface area contributed by atoms with E-state index in [2.05, 4.69) is 5.32 Å². The Labute approximate surface area is 143 Å². The minimum absolute atomic E-state index is 0.0562. The molecule has 23 heavy (non-hydrogen) atoms. The number of fused-ring (bicyclic) bond motifs is 1. The number of carboxylic acid groups (broad SMARTS) is 1. The van der Waals surface area contributed by atoms with Crippen molar-refractivity contribution in [1.82, 2.24) is 10.2 Å². The Hall–Kier alpha value is -1.41. The van der Waals surface area contributed by atoms with E-state index in [-0.39, 0.29) is 34.7 Å². The van der Waals surface area contributed by atoms with E-state index in [1.165, 1.54) is 29.8 Å². The van der Waals surface area contributed by atoms with Gasteiger partial charge in [-0.15, -0.1) is 0 Å². The minimum Gasteiger partial charge on any atom is -0.477 e. The third kappa shape index (κ3) is 3.58. The van der Waals surface area contributed by atoms with Crippen LogP contribution < -0.4 is 5.32 Å². The summed E-state index contributed by atoms with van der Waals surface area (Å²) in [6, 6.07) is -0.0562. The van der Waals surface area contributed by atoms with Crippen LogP contribution in [0, 0.1) is 5.92 Å². The lowest BCUT2D eigenvalue weighted by Gasteiger charge is -2.45. The fraction of sp³-hybridized carbons (Fsp3) is 0.533. The molecule has 1 fully saturated rings. The smallest absolute Gasteiger partial charge is 0.353 e. The van der Waals surface area contributed by atoms with Crippen molar-refractivity contribution in [2.24, 2.45) is 5.92 Å². The molecule has 0 aromatic carbocycles. The molecule has 0 aliphatic carbocycles. The zero-order valence-corrected chi connectivity index (χ0v) is 14.9. The molecule has 2 N–H and O–H groups in total. The number of hydrogen-bond acceptors (Lipinski definition) is 5. The van der Waals surface area contributed by atoms with Gasteiger partial charge >= 0.3 is 5.97 Å². The molecule has 0 unspecified atom stereocenters. The van der Waals surface area contributed by atoms with Crippen molar-refractivity contribution < 1.29 is 19.5 Å². The van der Waals surface area contributed by atoms with Crippen molar-refractivity contribution in [3.63, 3.8) is 0 Å². The van der Waals surface area contributed by atoms with E-state index >= 15 is 0 Å². The van der Waals surface area contributed by atoms with Gasteiger partial charge in [0.05, 0.1) is 12.0 Å². The molecule has 0 bridgehead atoms. The summed E-state index contributed by atoms with van der Waals surface area (Å²) in [5.41, 5.74) is 0.0856. The topological polar surface area (TPSA) is 86.7 Å². The molecule has 6 nitrogen and oxygen atoms in total. The van der Waals surface area contributed by atoms with Crippen LogP contribution in [-0.4, -0.2) is 44.8 Å². The lowest BCUT2D eigenvalue weighted by molar-refractivity contribution is -0.154. The molecule has 8 heteroatoms. The van der Waals surface area contributed by atoms with Crippen LogP contribution in [0.5, 0.6) is 0 Å². The van der Waals surface area contributed by atoms with Gasteiger partial charge < -0.3 is 15.3 Å². The standard InChI is InChI=1S/C15H20N2O4S2/c1-4-22-8(2)12-10-7-11(23-6-5-16-9(3)18)13(15(20)21)17(10)14(12)19/h5-6,8,10,12H,4,7H2,1-3H3,(H,16,18)(H,20,21)/t8-,10-,12-/m1/s1. The molecule has 0 aromatic rings. The largest absolute Gasteiger partial charge is 0.477 e. The van der Waals surface area contributed by atoms with E-state index in [0.717, 1.165) is 5.75 Å². The molecular formula is C15H20N2O4S2. The first-order valence-corrected chi connectivity index (χ1v) is 9.31. The van der Waals surface area contributed by atoms with Crippen LogP contribution in [-0.2, 0) is 14.4 Å². The van der Waals surface area contributed by atoms with Gasteiger partial charge in [-0.2, -0.15) is 11.8 Å². The molecule has 3 atom stereocenters. The number of aliphatic carboxylic acids is 1. The van der Waals surface area contributed by atoms with Crippen molar-refractivity contribution in [3.05, 3.63) is 22.2 Å². The lowest BCUT2D eigenvalue weighted by Crippen LogP contribution is -2.61. The molecule has 2 rings (SSSR count). The number of amides is 2. The number of carbonyl (C=O) groups excluding carboxylic acids is 2. The van der Waals surface area contributed by atoms with Crippen molar-refractivity contribution >= 4 is 41.3 Å². The van der Waals surface area contributed by atoms with Gasteiger partial charge in [-0.3, -0.25) is 9.59 Å². The summed E-state index contributed by atoms with van der Waals surface area (Å²) < 4.78 is 0. The number of hydrogen-bond donors (Lipinski definition) is 2. The fourth-order valence-electron chi connectivity index (χ4n) is 2.96. The number of carboxylic acids is 1. The second-order valence-electron chi connectivity index (χ2n) is 5.36. The van der Waals surface area contributed by atoms with E-state index in [4.69, 9.17) is 0 Å². The highest BCUT2D eigenvalue weighted by Crippen LogP contribution is 2.48. The molecule has 126 valence electrons. The van der Waals surface area contributed by atoms with E-state index in [9.17, 15) is 19.5 Å². The summed E-state index contributed by atoms with van der Waals surface area (Å²) in [6.45, 7) is 5.47. The van der Waals surface area contributed by atoms with Gasteiger partial charge in [0.15, 0.2) is 0 Å². The summed E-state index contributed by atoms with van der Waals surface area (Å²) in [5.74, 6) is -0.553. The quantitative estimate of drug-likeness (QED) is 0.679. The van der Waals surface area contributed by atoms with Gasteiger partial charge in [0, 0.05) is 29.7 Å². The van der Waals surface area contributed by atoms with Crippen LogP contribution in [0.1, 0.15) is 27.2 Å². The molecule has 2 aliphatic heterocycles. The second kappa shape index (κ2) is 7.44. The summed E-state index contributed by atoms with van der Waals surface area (Å²) in [6.07, 6.45) is 2.03. The second-order valence-corrected chi connectivity index (χ2v) is 8.02. The van der Waals surface area contributed by atoms with Gasteiger partial charge in [0.1, 0.15) is 5.70 Å². The number of β-lactam (4-membered cyclic amide) rings is 1. The Balaban J connectivity index is 2.11. The van der Waals surface area contributed by atoms with E-state index in [1.807, 2.05) is 13.8 Å². The number of nitrogens with zero attached hydrogens (tertiary/aromatic N) is 1. The van der Waals surface area contributed by atoms with Crippen molar-refractivity contribution in [1.29, 1.82) is 0 Å². The molecule has 2 amide bonds. The average Bonchev–Trinajstić information content (AvgIpc) is 2.78. The van der Waals surface area contributed by atoms with E-state index in [0.29, 0.717) is 11.3 Å². The normalized spacial score (nSPS) is 24.7. The monoisotopic (exact) mass is 356 g/mol. The Morgan fingerprint density at radius 3 is 2.78 bits per heavy atom. The van der Waals surface area contributed by atoms with Gasteiger partial charge in [-0.1, -0.05) is 25.6 Å². The predicted molar refractivity (Wildman–Crippen MR) is 91.5 cm³/mol. The summed E-state index contributed by atoms with van der Waals surface area (Å²) in [7, 11) is 0. The summed E-state index contributed by atoms with van der Waals surface area (Å²) in [5, 5.41) is 13.8. The highest BCUT2D eigenvalue weighted by Gasteiger charge is 2.56. The van der Waals surface area contributed by atoms with Crippen LogP contribution >= 0.6 is 23.5 Å². The molecule has 0 spiro atoms. The lowest BCUT2D eigenvalue weighted by atomic mass is 9.85. The van der Waals surface area contributed by atoms with Crippen LogP contribution in [0.4, 0.5) is 0 Å². The summed E-state index contributed by atoms with van der Waals surface area (Å²) >= 11 is 2.96. The van der Waals surface area contributed by atoms with E-state index in [1.54, 1.807) is 17.2 Å². The van der Waals surface area contributed by atoms with Crippen LogP contribution in [0.3, 0.4) is 0 Å². The summed E-state index contributed by atoms with van der Waals surface area (Å²) in [4.78, 5) is 36.8. The van der Waals surface area contributed by atoms with Gasteiger partial charge in [0.25, 0.3) is 0 Å². The number of rotatable bonds is 7. The first kappa shape index (κ1) is 17.9. The highest BCUT2D eigenvalue weighted by molar-refractivity contribution is 8.05. The number of nitrogens with one attached hydrogen (secondary N) is 1. The maximum atomic E-state index is 12.4. The van der Waals surface area contributed by atoms with Crippen molar-refractivity contribution in [3.8, 4) is 0 Å². The van der Waals surface area contributed by atoms with Crippen LogP contribution in [0.25, 0.3) is 0 Å². The first-order chi connectivity index (χ1) is 10.9. The highest BCUT2D eigenvalue weighted by atomic mass is 32.2. The average molecular weight is 356 g/mol.